The lowest BCUT2D eigenvalue weighted by atomic mass is 10.7. The number of H-pyrrole nitrogens is 2. The minimum Gasteiger partial charge on any atom is -0.275 e. The third-order valence-electron chi connectivity index (χ3n) is 2.56. The number of allylic oxidation sites excluding steroid dienone is 2. The molecule has 0 aliphatic carbocycles. The Kier molecular flexibility index (Phi) is 3.84. The molecule has 0 aromatic carbocycles. The van der Waals surface area contributed by atoms with Crippen molar-refractivity contribution >= 4 is 8.24 Å². The maximum atomic E-state index is 11.7. The predicted molar refractivity (Wildman–Crippen MR) is 69.0 cm³/mol. The molecule has 1 rings (SSSR count). The molecule has 0 aliphatic heterocycles. The van der Waals surface area contributed by atoms with Crippen molar-refractivity contribution in [2.75, 3.05) is 0 Å². The largest absolute Gasteiger partial charge is 0.330 e. The quantitative estimate of drug-likeness (QED) is 0.573. The van der Waals surface area contributed by atoms with Gasteiger partial charge in [-0.15, -0.1) is 13.2 Å². The first-order valence-electron chi connectivity index (χ1n) is 5.12. The van der Waals surface area contributed by atoms with E-state index in [2.05, 4.69) is 23.1 Å². The zero-order valence-corrected chi connectivity index (χ0v) is 10.7. The van der Waals surface area contributed by atoms with Crippen molar-refractivity contribution in [3.8, 4) is 0 Å². The van der Waals surface area contributed by atoms with Crippen molar-refractivity contribution in [2.24, 2.45) is 0 Å². The van der Waals surface area contributed by atoms with Gasteiger partial charge in [-0.1, -0.05) is 18.7 Å². The van der Waals surface area contributed by atoms with Gasteiger partial charge >= 0.3 is 17.1 Å². The van der Waals surface area contributed by atoms with E-state index in [1.165, 1.54) is 0 Å². The molecule has 0 radical (unpaired) electrons. The highest BCUT2D eigenvalue weighted by Crippen LogP contribution is 2.15. The highest BCUT2D eigenvalue weighted by Gasteiger charge is 2.30. The van der Waals surface area contributed by atoms with Crippen molar-refractivity contribution in [1.82, 2.24) is 14.2 Å². The Morgan fingerprint density at radius 3 is 1.88 bits per heavy atom. The zero-order chi connectivity index (χ0) is 13.1. The van der Waals surface area contributed by atoms with Gasteiger partial charge in [0.05, 0.1) is 0 Å². The Labute approximate surface area is 98.4 Å². The minimum absolute atomic E-state index is 0.550. The van der Waals surface area contributed by atoms with E-state index in [1.807, 2.05) is 6.55 Å². The molecule has 1 aromatic heterocycles. The highest BCUT2D eigenvalue weighted by molar-refractivity contribution is 6.77. The van der Waals surface area contributed by atoms with Gasteiger partial charge in [0.1, 0.15) is 0 Å². The standard InChI is InChI=1S/C10H15N3O3Si/c1-4-6-17(3,7-5-2)13-9(15)11-8(14)12-10(13)16/h4-5H,1-2,6-7H2,3H3,(H2,11,12,14,15,16). The molecule has 1 aromatic rings. The fraction of sp³-hybridized carbons (Fsp3) is 0.300. The molecule has 7 heteroatoms. The Bertz CT molecular complexity index is 552. The summed E-state index contributed by atoms with van der Waals surface area (Å²) in [6, 6.07) is 1.10. The highest BCUT2D eigenvalue weighted by atomic mass is 28.3. The molecule has 0 unspecified atom stereocenters. The molecule has 1 heterocycles. The smallest absolute Gasteiger partial charge is 0.275 e. The van der Waals surface area contributed by atoms with Gasteiger partial charge in [0.2, 0.25) is 0 Å². The molecule has 0 amide bonds. The zero-order valence-electron chi connectivity index (χ0n) is 9.66. The molecule has 6 nitrogen and oxygen atoms in total. The van der Waals surface area contributed by atoms with Crippen LogP contribution in [-0.2, 0) is 0 Å². The fourth-order valence-corrected chi connectivity index (χ4v) is 4.68. The third-order valence-corrected chi connectivity index (χ3v) is 6.38. The SMILES string of the molecule is C=CC[Si](C)(CC=C)n1c(=O)[nH]c(=O)[nH]c1=O. The van der Waals surface area contributed by atoms with E-state index in [0.717, 1.165) is 4.23 Å². The minimum atomic E-state index is -2.38. The number of aromatic amines is 2. The lowest BCUT2D eigenvalue weighted by Crippen LogP contribution is -2.56. The van der Waals surface area contributed by atoms with E-state index in [0.29, 0.717) is 12.1 Å². The summed E-state index contributed by atoms with van der Waals surface area (Å²) in [4.78, 5) is 38.5. The number of aromatic nitrogens is 3. The van der Waals surface area contributed by atoms with Crippen molar-refractivity contribution in [1.29, 1.82) is 0 Å². The molecular formula is C10H15N3O3Si. The van der Waals surface area contributed by atoms with E-state index in [9.17, 15) is 14.4 Å². The number of hydrogen-bond acceptors (Lipinski definition) is 3. The first kappa shape index (κ1) is 13.2. The second-order valence-corrected chi connectivity index (χ2v) is 8.26. The van der Waals surface area contributed by atoms with Crippen LogP contribution >= 0.6 is 0 Å². The molecule has 2 N–H and O–H groups in total. The average Bonchev–Trinajstić information content (AvgIpc) is 2.15. The molecule has 17 heavy (non-hydrogen) atoms. The molecule has 0 aliphatic rings. The summed E-state index contributed by atoms with van der Waals surface area (Å²) in [6.07, 6.45) is 3.35. The maximum Gasteiger partial charge on any atom is 0.330 e. The fourth-order valence-electron chi connectivity index (χ4n) is 1.81. The van der Waals surface area contributed by atoms with E-state index in [-0.39, 0.29) is 0 Å². The van der Waals surface area contributed by atoms with Gasteiger partial charge in [0, 0.05) is 0 Å². The van der Waals surface area contributed by atoms with Crippen molar-refractivity contribution < 1.29 is 0 Å². The first-order chi connectivity index (χ1) is 7.94. The topological polar surface area (TPSA) is 87.7 Å². The van der Waals surface area contributed by atoms with Gasteiger partial charge in [0.15, 0.2) is 8.24 Å². The Morgan fingerprint density at radius 2 is 1.53 bits per heavy atom. The van der Waals surface area contributed by atoms with E-state index >= 15 is 0 Å². The molecule has 0 bridgehead atoms. The first-order valence-corrected chi connectivity index (χ1v) is 7.98. The Hall–Kier alpha value is -1.89. The molecule has 0 fully saturated rings. The number of nitrogens with zero attached hydrogens (tertiary/aromatic N) is 1. The van der Waals surface area contributed by atoms with Crippen LogP contribution in [0.3, 0.4) is 0 Å². The predicted octanol–water partition coefficient (Wildman–Crippen LogP) is 0.0203. The van der Waals surface area contributed by atoms with Crippen LogP contribution in [0, 0.1) is 0 Å². The van der Waals surface area contributed by atoms with E-state index in [1.54, 1.807) is 12.2 Å². The van der Waals surface area contributed by atoms with E-state index < -0.39 is 25.3 Å². The lowest BCUT2D eigenvalue weighted by Gasteiger charge is -2.25. The van der Waals surface area contributed by atoms with Gasteiger partial charge in [0.25, 0.3) is 0 Å². The molecule has 0 spiro atoms. The van der Waals surface area contributed by atoms with Crippen LogP contribution in [0.4, 0.5) is 0 Å². The summed E-state index contributed by atoms with van der Waals surface area (Å²) < 4.78 is 1.12. The molecule has 0 atom stereocenters. The van der Waals surface area contributed by atoms with Gasteiger partial charge < -0.3 is 0 Å². The van der Waals surface area contributed by atoms with Crippen molar-refractivity contribution in [2.45, 2.75) is 18.6 Å². The summed E-state index contributed by atoms with van der Waals surface area (Å²) in [5, 5.41) is 0. The summed E-state index contributed by atoms with van der Waals surface area (Å²) in [7, 11) is -2.38. The molecule has 0 saturated carbocycles. The van der Waals surface area contributed by atoms with Crippen LogP contribution in [0.5, 0.6) is 0 Å². The Balaban J connectivity index is 3.54. The van der Waals surface area contributed by atoms with Gasteiger partial charge in [-0.2, -0.15) is 0 Å². The summed E-state index contributed by atoms with van der Waals surface area (Å²) >= 11 is 0. The summed E-state index contributed by atoms with van der Waals surface area (Å²) in [5.41, 5.74) is -2.13. The normalized spacial score (nSPS) is 11.1. The number of nitrogens with one attached hydrogen (secondary N) is 2. The maximum absolute atomic E-state index is 11.7. The average molecular weight is 253 g/mol. The van der Waals surface area contributed by atoms with Gasteiger partial charge in [-0.3, -0.25) is 14.2 Å². The van der Waals surface area contributed by atoms with Crippen LogP contribution in [0.15, 0.2) is 39.7 Å². The van der Waals surface area contributed by atoms with Crippen LogP contribution in [0.1, 0.15) is 0 Å². The Morgan fingerprint density at radius 1 is 1.12 bits per heavy atom. The van der Waals surface area contributed by atoms with Crippen molar-refractivity contribution in [3.05, 3.63) is 56.8 Å². The van der Waals surface area contributed by atoms with Crippen LogP contribution in [0.2, 0.25) is 18.6 Å². The molecule has 92 valence electrons. The van der Waals surface area contributed by atoms with Crippen molar-refractivity contribution in [3.63, 3.8) is 0 Å². The van der Waals surface area contributed by atoms with Gasteiger partial charge in [-0.05, 0) is 12.1 Å². The van der Waals surface area contributed by atoms with Crippen LogP contribution in [0.25, 0.3) is 0 Å². The lowest BCUT2D eigenvalue weighted by molar-refractivity contribution is 0.807. The summed E-state index contributed by atoms with van der Waals surface area (Å²) in [6.45, 7) is 9.13. The molecule has 0 saturated heterocycles. The van der Waals surface area contributed by atoms with Crippen LogP contribution in [-0.4, -0.2) is 22.4 Å². The van der Waals surface area contributed by atoms with E-state index in [4.69, 9.17) is 0 Å². The second-order valence-electron chi connectivity index (χ2n) is 4.01. The number of rotatable bonds is 5. The van der Waals surface area contributed by atoms with Crippen LogP contribution < -0.4 is 17.1 Å². The molecular weight excluding hydrogens is 238 g/mol. The number of hydrogen-bond donors (Lipinski definition) is 2. The summed E-state index contributed by atoms with van der Waals surface area (Å²) in [5.74, 6) is 0. The van der Waals surface area contributed by atoms with Gasteiger partial charge in [-0.25, -0.2) is 14.4 Å². The second kappa shape index (κ2) is 4.96. The third kappa shape index (κ3) is 2.62. The monoisotopic (exact) mass is 253 g/mol.